The molecule has 2 aromatic rings. The zero-order valence-electron chi connectivity index (χ0n) is 11.4. The maximum absolute atomic E-state index is 13.2. The van der Waals surface area contributed by atoms with Crippen LogP contribution in [0.5, 0.6) is 0 Å². The van der Waals surface area contributed by atoms with Crippen LogP contribution in [0, 0.1) is 19.7 Å². The van der Waals surface area contributed by atoms with Gasteiger partial charge in [0.25, 0.3) is 0 Å². The third-order valence-electron chi connectivity index (χ3n) is 3.07. The molecule has 0 aliphatic carbocycles. The molecule has 0 saturated heterocycles. The Bertz CT molecular complexity index is 687. The van der Waals surface area contributed by atoms with E-state index in [1.165, 1.54) is 18.2 Å². The van der Waals surface area contributed by atoms with Crippen LogP contribution in [-0.2, 0) is 4.79 Å². The zero-order chi connectivity index (χ0) is 14.7. The summed E-state index contributed by atoms with van der Waals surface area (Å²) in [6.45, 7) is 3.77. The van der Waals surface area contributed by atoms with Gasteiger partial charge in [0, 0.05) is 0 Å². The minimum absolute atomic E-state index is 0.164. The summed E-state index contributed by atoms with van der Waals surface area (Å²) in [5.41, 5.74) is 3.21. The van der Waals surface area contributed by atoms with Gasteiger partial charge in [-0.15, -0.1) is 0 Å². The van der Waals surface area contributed by atoms with Crippen molar-refractivity contribution in [3.8, 4) is 0 Å². The first kappa shape index (κ1) is 14.0. The first-order valence-corrected chi connectivity index (χ1v) is 6.25. The average Bonchev–Trinajstić information content (AvgIpc) is 2.39. The number of hydrogen-bond donors (Lipinski definition) is 1. The lowest BCUT2D eigenvalue weighted by Crippen LogP contribution is -2.02. The summed E-state index contributed by atoms with van der Waals surface area (Å²) in [5.74, 6) is -1.41. The van der Waals surface area contributed by atoms with Crippen LogP contribution in [0.3, 0.4) is 0 Å². The summed E-state index contributed by atoms with van der Waals surface area (Å²) in [5, 5.41) is 9.41. The van der Waals surface area contributed by atoms with Gasteiger partial charge in [-0.05, 0) is 48.7 Å². The molecule has 0 amide bonds. The van der Waals surface area contributed by atoms with Gasteiger partial charge in [-0.1, -0.05) is 35.9 Å². The molecule has 0 saturated carbocycles. The number of hydrogen-bond acceptors (Lipinski definition) is 1. The Balaban J connectivity index is 2.57. The maximum Gasteiger partial charge on any atom is 0.336 e. The minimum atomic E-state index is -1.03. The quantitative estimate of drug-likeness (QED) is 0.674. The molecule has 0 aliphatic heterocycles. The van der Waals surface area contributed by atoms with Crippen LogP contribution in [0.4, 0.5) is 4.39 Å². The summed E-state index contributed by atoms with van der Waals surface area (Å²) in [6.07, 6.45) is 1.49. The molecule has 0 aliphatic rings. The van der Waals surface area contributed by atoms with Crippen LogP contribution < -0.4 is 0 Å². The normalized spacial score (nSPS) is 11.4. The second kappa shape index (κ2) is 5.70. The molecule has 0 bridgehead atoms. The number of aliphatic carboxylic acids is 1. The molecule has 3 heteroatoms. The van der Waals surface area contributed by atoms with E-state index in [1.54, 1.807) is 12.1 Å². The van der Waals surface area contributed by atoms with Crippen LogP contribution in [0.15, 0.2) is 42.5 Å². The standard InChI is InChI=1S/C17H15FO2/c1-11-6-7-12(2)15(8-11)16(17(19)20)10-13-4-3-5-14(18)9-13/h3-10H,1-2H3,(H,19,20)/b16-10-. The van der Waals surface area contributed by atoms with E-state index in [1.807, 2.05) is 32.0 Å². The van der Waals surface area contributed by atoms with Gasteiger partial charge in [0.15, 0.2) is 0 Å². The molecule has 0 atom stereocenters. The third-order valence-corrected chi connectivity index (χ3v) is 3.07. The van der Waals surface area contributed by atoms with E-state index < -0.39 is 5.97 Å². The molecule has 2 aromatic carbocycles. The SMILES string of the molecule is Cc1ccc(C)c(/C(=C/c2cccc(F)c2)C(=O)O)c1. The number of carboxylic acid groups (broad SMARTS) is 1. The molecule has 0 spiro atoms. The van der Waals surface area contributed by atoms with Crippen molar-refractivity contribution in [1.29, 1.82) is 0 Å². The van der Waals surface area contributed by atoms with Gasteiger partial charge in [0.2, 0.25) is 0 Å². The third kappa shape index (κ3) is 3.12. The van der Waals surface area contributed by atoms with Crippen LogP contribution in [0.1, 0.15) is 22.3 Å². The fourth-order valence-electron chi connectivity index (χ4n) is 2.04. The number of carbonyl (C=O) groups is 1. The largest absolute Gasteiger partial charge is 0.478 e. The second-order valence-corrected chi connectivity index (χ2v) is 4.74. The monoisotopic (exact) mass is 270 g/mol. The molecule has 2 rings (SSSR count). The maximum atomic E-state index is 13.2. The molecule has 0 fully saturated rings. The first-order valence-electron chi connectivity index (χ1n) is 6.25. The van der Waals surface area contributed by atoms with Gasteiger partial charge in [-0.3, -0.25) is 0 Å². The molecule has 2 nitrogen and oxygen atoms in total. The lowest BCUT2D eigenvalue weighted by Gasteiger charge is -2.08. The summed E-state index contributed by atoms with van der Waals surface area (Å²) < 4.78 is 13.2. The van der Waals surface area contributed by atoms with Gasteiger partial charge < -0.3 is 5.11 Å². The van der Waals surface area contributed by atoms with Crippen molar-refractivity contribution in [1.82, 2.24) is 0 Å². The minimum Gasteiger partial charge on any atom is -0.478 e. The Morgan fingerprint density at radius 3 is 2.55 bits per heavy atom. The van der Waals surface area contributed by atoms with Crippen molar-refractivity contribution >= 4 is 17.6 Å². The van der Waals surface area contributed by atoms with Crippen molar-refractivity contribution < 1.29 is 14.3 Å². The first-order chi connectivity index (χ1) is 9.47. The molecular formula is C17H15FO2. The molecule has 0 unspecified atom stereocenters. The van der Waals surface area contributed by atoms with Crippen LogP contribution in [0.25, 0.3) is 11.6 Å². The van der Waals surface area contributed by atoms with Gasteiger partial charge in [-0.2, -0.15) is 0 Å². The lowest BCUT2D eigenvalue weighted by molar-refractivity contribution is -0.130. The fraction of sp³-hybridized carbons (Fsp3) is 0.118. The number of benzene rings is 2. The Morgan fingerprint density at radius 2 is 1.90 bits per heavy atom. The highest BCUT2D eigenvalue weighted by Gasteiger charge is 2.13. The highest BCUT2D eigenvalue weighted by Crippen LogP contribution is 2.23. The summed E-state index contributed by atoms with van der Waals surface area (Å²) in [7, 11) is 0. The van der Waals surface area contributed by atoms with Crippen LogP contribution >= 0.6 is 0 Å². The highest BCUT2D eigenvalue weighted by atomic mass is 19.1. The molecular weight excluding hydrogens is 255 g/mol. The molecule has 20 heavy (non-hydrogen) atoms. The average molecular weight is 270 g/mol. The Hall–Kier alpha value is -2.42. The van der Waals surface area contributed by atoms with E-state index in [2.05, 4.69) is 0 Å². The van der Waals surface area contributed by atoms with E-state index in [-0.39, 0.29) is 11.4 Å². The number of carboxylic acids is 1. The van der Waals surface area contributed by atoms with E-state index >= 15 is 0 Å². The molecule has 0 heterocycles. The lowest BCUT2D eigenvalue weighted by atomic mass is 9.96. The molecule has 102 valence electrons. The fourth-order valence-corrected chi connectivity index (χ4v) is 2.04. The van der Waals surface area contributed by atoms with Gasteiger partial charge in [0.1, 0.15) is 5.82 Å². The van der Waals surface area contributed by atoms with E-state index in [0.29, 0.717) is 11.1 Å². The topological polar surface area (TPSA) is 37.3 Å². The predicted octanol–water partition coefficient (Wildman–Crippen LogP) is 4.07. The van der Waals surface area contributed by atoms with Crippen molar-refractivity contribution in [3.63, 3.8) is 0 Å². The Labute approximate surface area is 117 Å². The van der Waals surface area contributed by atoms with Gasteiger partial charge in [0.05, 0.1) is 5.57 Å². The van der Waals surface area contributed by atoms with Crippen molar-refractivity contribution in [3.05, 3.63) is 70.5 Å². The van der Waals surface area contributed by atoms with Gasteiger partial charge >= 0.3 is 5.97 Å². The molecule has 1 N–H and O–H groups in total. The van der Waals surface area contributed by atoms with E-state index in [0.717, 1.165) is 11.1 Å². The Morgan fingerprint density at radius 1 is 1.15 bits per heavy atom. The van der Waals surface area contributed by atoms with Crippen molar-refractivity contribution in [2.45, 2.75) is 13.8 Å². The zero-order valence-corrected chi connectivity index (χ0v) is 11.4. The molecule has 0 radical (unpaired) electrons. The van der Waals surface area contributed by atoms with Gasteiger partial charge in [-0.25, -0.2) is 9.18 Å². The summed E-state index contributed by atoms with van der Waals surface area (Å²) in [4.78, 5) is 11.5. The number of halogens is 1. The number of rotatable bonds is 3. The second-order valence-electron chi connectivity index (χ2n) is 4.74. The van der Waals surface area contributed by atoms with Crippen molar-refractivity contribution in [2.24, 2.45) is 0 Å². The van der Waals surface area contributed by atoms with Crippen LogP contribution in [-0.4, -0.2) is 11.1 Å². The smallest absolute Gasteiger partial charge is 0.336 e. The Kier molecular flexibility index (Phi) is 3.99. The molecule has 0 aromatic heterocycles. The van der Waals surface area contributed by atoms with Crippen molar-refractivity contribution in [2.75, 3.05) is 0 Å². The van der Waals surface area contributed by atoms with E-state index in [9.17, 15) is 14.3 Å². The summed E-state index contributed by atoms with van der Waals surface area (Å²) in [6, 6.07) is 11.5. The summed E-state index contributed by atoms with van der Waals surface area (Å²) >= 11 is 0. The predicted molar refractivity (Wildman–Crippen MR) is 77.8 cm³/mol. The number of aryl methyl sites for hydroxylation is 2. The highest BCUT2D eigenvalue weighted by molar-refractivity contribution is 6.21. The van der Waals surface area contributed by atoms with E-state index in [4.69, 9.17) is 0 Å². The van der Waals surface area contributed by atoms with Crippen LogP contribution in [0.2, 0.25) is 0 Å².